The third kappa shape index (κ3) is 1.39. The second kappa shape index (κ2) is 2.99. The van der Waals surface area contributed by atoms with Crippen molar-refractivity contribution in [2.75, 3.05) is 12.4 Å². The van der Waals surface area contributed by atoms with E-state index in [1.54, 1.807) is 0 Å². The lowest BCUT2D eigenvalue weighted by Gasteiger charge is -1.99. The number of aromatic nitrogens is 3. The molecule has 0 aliphatic heterocycles. The Balaban J connectivity index is 3.29. The van der Waals surface area contributed by atoms with E-state index in [4.69, 9.17) is 5.11 Å². The van der Waals surface area contributed by atoms with Crippen LogP contribution in [0.25, 0.3) is 0 Å². The Morgan fingerprint density at radius 1 is 1.67 bits per heavy atom. The summed E-state index contributed by atoms with van der Waals surface area (Å²) >= 11 is 0. The number of H-pyrrole nitrogens is 1. The highest BCUT2D eigenvalue weighted by atomic mass is 16.4. The Morgan fingerprint density at radius 2 is 2.33 bits per heavy atom. The van der Waals surface area contributed by atoms with Crippen LogP contribution < -0.4 is 11.0 Å². The van der Waals surface area contributed by atoms with Crippen LogP contribution in [0.15, 0.2) is 4.79 Å². The largest absolute Gasteiger partial charge is 0.476 e. The van der Waals surface area contributed by atoms with Gasteiger partial charge in [0.1, 0.15) is 0 Å². The van der Waals surface area contributed by atoms with Gasteiger partial charge in [-0.2, -0.15) is 10.1 Å². The van der Waals surface area contributed by atoms with Crippen LogP contribution in [0.4, 0.5) is 5.82 Å². The van der Waals surface area contributed by atoms with Gasteiger partial charge in [-0.05, 0) is 0 Å². The summed E-state index contributed by atoms with van der Waals surface area (Å²) in [5.41, 5.74) is -0.999. The lowest BCUT2D eigenvalue weighted by molar-refractivity contribution is 0.0689. The van der Waals surface area contributed by atoms with Crippen molar-refractivity contribution in [1.82, 2.24) is 15.2 Å². The van der Waals surface area contributed by atoms with Crippen LogP contribution in [0.2, 0.25) is 0 Å². The van der Waals surface area contributed by atoms with E-state index in [0.717, 1.165) is 0 Å². The third-order valence-corrected chi connectivity index (χ3v) is 1.14. The second-order valence-electron chi connectivity index (χ2n) is 1.89. The maximum absolute atomic E-state index is 10.6. The topological polar surface area (TPSA) is 108 Å². The standard InChI is InChI=1S/C5H6N4O3/c1-6-3-2(4(10)11)8-9-5(12)7-3/h1H3,(H,10,11)(H2,6,7,9,12). The second-order valence-corrected chi connectivity index (χ2v) is 1.89. The monoisotopic (exact) mass is 170 g/mol. The Labute approximate surface area is 66.5 Å². The van der Waals surface area contributed by atoms with Crippen molar-refractivity contribution in [1.29, 1.82) is 0 Å². The minimum absolute atomic E-state index is 0.0498. The molecular weight excluding hydrogens is 164 g/mol. The predicted molar refractivity (Wildman–Crippen MR) is 39.2 cm³/mol. The molecule has 0 atom stereocenters. The molecule has 0 saturated heterocycles. The molecule has 1 heterocycles. The number of carbonyl (C=O) groups is 1. The molecule has 0 unspecified atom stereocenters. The van der Waals surface area contributed by atoms with Crippen molar-refractivity contribution in [2.24, 2.45) is 0 Å². The summed E-state index contributed by atoms with van der Waals surface area (Å²) < 4.78 is 0. The van der Waals surface area contributed by atoms with Crippen molar-refractivity contribution in [3.63, 3.8) is 0 Å². The van der Waals surface area contributed by atoms with Gasteiger partial charge in [-0.1, -0.05) is 0 Å². The number of anilines is 1. The molecule has 3 N–H and O–H groups in total. The van der Waals surface area contributed by atoms with E-state index in [-0.39, 0.29) is 11.5 Å². The summed E-state index contributed by atoms with van der Waals surface area (Å²) in [4.78, 5) is 24.3. The molecule has 0 fully saturated rings. The Hall–Kier alpha value is -1.92. The Bertz CT molecular complexity index is 358. The summed E-state index contributed by atoms with van der Waals surface area (Å²) in [6.45, 7) is 0. The number of hydrogen-bond acceptors (Lipinski definition) is 5. The van der Waals surface area contributed by atoms with Crippen LogP contribution in [0.5, 0.6) is 0 Å². The molecule has 0 spiro atoms. The van der Waals surface area contributed by atoms with Crippen LogP contribution in [0.3, 0.4) is 0 Å². The van der Waals surface area contributed by atoms with E-state index < -0.39 is 11.7 Å². The predicted octanol–water partition coefficient (Wildman–Crippen LogP) is -1.10. The molecule has 64 valence electrons. The SMILES string of the molecule is CNc1nc(=O)[nH]nc1C(=O)O. The summed E-state index contributed by atoms with van der Waals surface area (Å²) in [5, 5.41) is 16.2. The number of nitrogens with zero attached hydrogens (tertiary/aromatic N) is 2. The molecule has 0 bridgehead atoms. The molecule has 1 rings (SSSR count). The minimum atomic E-state index is -1.25. The molecule has 0 aliphatic rings. The van der Waals surface area contributed by atoms with Gasteiger partial charge >= 0.3 is 11.7 Å². The number of rotatable bonds is 2. The number of hydrogen-bond donors (Lipinski definition) is 3. The maximum Gasteiger partial charge on any atom is 0.363 e. The van der Waals surface area contributed by atoms with Crippen molar-refractivity contribution < 1.29 is 9.90 Å². The summed E-state index contributed by atoms with van der Waals surface area (Å²) in [6, 6.07) is 0. The molecule has 0 aromatic carbocycles. The molecule has 0 saturated carbocycles. The molecule has 12 heavy (non-hydrogen) atoms. The fraction of sp³-hybridized carbons (Fsp3) is 0.200. The van der Waals surface area contributed by atoms with Gasteiger partial charge in [0.25, 0.3) is 0 Å². The van der Waals surface area contributed by atoms with Gasteiger partial charge in [0.05, 0.1) is 0 Å². The zero-order valence-electron chi connectivity index (χ0n) is 6.16. The normalized spacial score (nSPS) is 9.42. The van der Waals surface area contributed by atoms with Crippen molar-refractivity contribution >= 4 is 11.8 Å². The summed E-state index contributed by atoms with van der Waals surface area (Å²) in [7, 11) is 1.45. The highest BCUT2D eigenvalue weighted by molar-refractivity contribution is 5.90. The zero-order chi connectivity index (χ0) is 9.14. The van der Waals surface area contributed by atoms with Crippen LogP contribution in [0.1, 0.15) is 10.5 Å². The van der Waals surface area contributed by atoms with Crippen LogP contribution in [-0.4, -0.2) is 33.3 Å². The van der Waals surface area contributed by atoms with E-state index in [2.05, 4.69) is 15.4 Å². The van der Waals surface area contributed by atoms with E-state index in [1.807, 2.05) is 5.10 Å². The fourth-order valence-electron chi connectivity index (χ4n) is 0.660. The number of carboxylic acids is 1. The molecule has 1 aromatic heterocycles. The minimum Gasteiger partial charge on any atom is -0.476 e. The zero-order valence-corrected chi connectivity index (χ0v) is 6.16. The van der Waals surface area contributed by atoms with Crippen molar-refractivity contribution in [3.8, 4) is 0 Å². The van der Waals surface area contributed by atoms with Crippen LogP contribution in [-0.2, 0) is 0 Å². The molecule has 0 amide bonds. The fourth-order valence-corrected chi connectivity index (χ4v) is 0.660. The van der Waals surface area contributed by atoms with E-state index in [9.17, 15) is 9.59 Å². The molecular formula is C5H6N4O3. The lowest BCUT2D eigenvalue weighted by atomic mass is 10.4. The van der Waals surface area contributed by atoms with E-state index in [0.29, 0.717) is 0 Å². The molecule has 7 heteroatoms. The van der Waals surface area contributed by atoms with Gasteiger partial charge in [0.2, 0.25) is 5.69 Å². The van der Waals surface area contributed by atoms with Gasteiger partial charge in [0, 0.05) is 7.05 Å². The first-order chi connectivity index (χ1) is 5.65. The molecule has 0 aliphatic carbocycles. The Morgan fingerprint density at radius 3 is 2.83 bits per heavy atom. The third-order valence-electron chi connectivity index (χ3n) is 1.14. The smallest absolute Gasteiger partial charge is 0.363 e. The lowest BCUT2D eigenvalue weighted by Crippen LogP contribution is -2.19. The molecule has 7 nitrogen and oxygen atoms in total. The van der Waals surface area contributed by atoms with Gasteiger partial charge in [-0.25, -0.2) is 14.7 Å². The average Bonchev–Trinajstić information content (AvgIpc) is 2.03. The molecule has 0 radical (unpaired) electrons. The summed E-state index contributed by atoms with van der Waals surface area (Å²) in [5.74, 6) is -1.30. The van der Waals surface area contributed by atoms with Crippen LogP contribution in [0, 0.1) is 0 Å². The molecule has 1 aromatic rings. The van der Waals surface area contributed by atoms with Crippen molar-refractivity contribution in [2.45, 2.75) is 0 Å². The number of nitrogens with one attached hydrogen (secondary N) is 2. The quantitative estimate of drug-likeness (QED) is 0.520. The first kappa shape index (κ1) is 8.18. The van der Waals surface area contributed by atoms with Crippen LogP contribution >= 0.6 is 0 Å². The number of carboxylic acid groups (broad SMARTS) is 1. The van der Waals surface area contributed by atoms with Gasteiger partial charge in [-0.3, -0.25) is 0 Å². The maximum atomic E-state index is 10.6. The van der Waals surface area contributed by atoms with Gasteiger partial charge < -0.3 is 10.4 Å². The van der Waals surface area contributed by atoms with E-state index in [1.165, 1.54) is 7.05 Å². The van der Waals surface area contributed by atoms with Crippen molar-refractivity contribution in [3.05, 3.63) is 16.2 Å². The summed E-state index contributed by atoms with van der Waals surface area (Å²) in [6.07, 6.45) is 0. The van der Waals surface area contributed by atoms with E-state index >= 15 is 0 Å². The van der Waals surface area contributed by atoms with Gasteiger partial charge in [-0.15, -0.1) is 0 Å². The Kier molecular flexibility index (Phi) is 2.04. The number of aromatic amines is 1. The first-order valence-electron chi connectivity index (χ1n) is 3.03. The average molecular weight is 170 g/mol. The highest BCUT2D eigenvalue weighted by Gasteiger charge is 2.12. The number of aromatic carboxylic acids is 1. The highest BCUT2D eigenvalue weighted by Crippen LogP contribution is 2.02. The first-order valence-corrected chi connectivity index (χ1v) is 3.03. The van der Waals surface area contributed by atoms with Gasteiger partial charge in [0.15, 0.2) is 5.82 Å².